The van der Waals surface area contributed by atoms with Crippen LogP contribution in [0.2, 0.25) is 5.02 Å². The van der Waals surface area contributed by atoms with E-state index in [9.17, 15) is 13.5 Å². The van der Waals surface area contributed by atoms with Crippen molar-refractivity contribution in [3.63, 3.8) is 0 Å². The maximum Gasteiger partial charge on any atom is 2.00 e. The van der Waals surface area contributed by atoms with Crippen LogP contribution in [0.15, 0.2) is 54.1 Å². The van der Waals surface area contributed by atoms with Crippen molar-refractivity contribution in [2.24, 2.45) is 0 Å². The fraction of sp³-hybridized carbons (Fsp3) is 0.143. The molecule has 0 amide bonds. The Morgan fingerprint density at radius 2 is 1.47 bits per heavy atom. The molecule has 2 saturated carbocycles. The second-order valence-corrected chi connectivity index (χ2v) is 10.5. The second-order valence-electron chi connectivity index (χ2n) is 8.34. The summed E-state index contributed by atoms with van der Waals surface area (Å²) in [5.41, 5.74) is 2.70. The van der Waals surface area contributed by atoms with E-state index in [0.717, 1.165) is 22.6 Å². The van der Waals surface area contributed by atoms with E-state index in [1.165, 1.54) is 6.07 Å². The molecule has 2 aliphatic heterocycles. The van der Waals surface area contributed by atoms with Gasteiger partial charge in [0.25, 0.3) is 0 Å². The van der Waals surface area contributed by atoms with Crippen LogP contribution in [0, 0.1) is 63.7 Å². The first-order valence-electron chi connectivity index (χ1n) is 11.2. The van der Waals surface area contributed by atoms with Crippen molar-refractivity contribution in [2.75, 3.05) is 0 Å². The molecule has 36 heavy (non-hydrogen) atoms. The molecule has 10 radical (unpaired) electrons. The van der Waals surface area contributed by atoms with Crippen LogP contribution in [0.5, 0.6) is 11.5 Å². The maximum atomic E-state index is 13.1. The molecule has 0 spiro atoms. The largest absolute Gasteiger partial charge is 2.00 e. The minimum absolute atomic E-state index is 0. The van der Waals surface area contributed by atoms with Crippen LogP contribution >= 0.6 is 11.6 Å². The van der Waals surface area contributed by atoms with E-state index in [4.69, 9.17) is 20.5 Å². The van der Waals surface area contributed by atoms with E-state index in [2.05, 4.69) is 0 Å². The Morgan fingerprint density at radius 3 is 2.08 bits per heavy atom. The monoisotopic (exact) mass is 562 g/mol. The minimum atomic E-state index is -3.99. The van der Waals surface area contributed by atoms with Gasteiger partial charge in [0.05, 0.1) is 11.1 Å². The second kappa shape index (κ2) is 11.9. The molecule has 1 saturated heterocycles. The van der Waals surface area contributed by atoms with Crippen molar-refractivity contribution in [1.29, 1.82) is 0 Å². The number of halogens is 1. The first-order chi connectivity index (χ1) is 16.9. The van der Waals surface area contributed by atoms with E-state index in [-0.39, 0.29) is 46.1 Å². The molecule has 1 unspecified atom stereocenters. The Balaban J connectivity index is 0.000000455. The number of aromatic hydroxyl groups is 1. The Labute approximate surface area is 229 Å². The van der Waals surface area contributed by atoms with Crippen molar-refractivity contribution in [3.05, 3.63) is 128 Å². The maximum absolute atomic E-state index is 13.1. The molecule has 3 fully saturated rings. The number of phenols is 1. The van der Waals surface area contributed by atoms with Gasteiger partial charge in [-0.1, -0.05) is 35.9 Å². The molecule has 6 rings (SSSR count). The van der Waals surface area contributed by atoms with E-state index < -0.39 is 21.5 Å². The van der Waals surface area contributed by atoms with Gasteiger partial charge in [-0.15, -0.1) is 0 Å². The molecule has 5 nitrogen and oxygen atoms in total. The fourth-order valence-electron chi connectivity index (χ4n) is 4.57. The summed E-state index contributed by atoms with van der Waals surface area (Å²) in [6.07, 6.45) is 17.0. The van der Waals surface area contributed by atoms with E-state index in [1.807, 2.05) is 69.9 Å². The Bertz CT molecular complexity index is 1160. The average molecular weight is 563 g/mol. The first-order valence-corrected chi connectivity index (χ1v) is 13.0. The zero-order valence-electron chi connectivity index (χ0n) is 19.0. The molecule has 2 heterocycles. The Kier molecular flexibility index (Phi) is 9.11. The van der Waals surface area contributed by atoms with Gasteiger partial charge in [0, 0.05) is 12.3 Å². The zero-order chi connectivity index (χ0) is 24.4. The van der Waals surface area contributed by atoms with Crippen LogP contribution in [0.4, 0.5) is 0 Å². The van der Waals surface area contributed by atoms with Crippen LogP contribution in [0.1, 0.15) is 12.0 Å². The molecule has 3 atom stereocenters. The van der Waals surface area contributed by atoms with Crippen molar-refractivity contribution >= 4 is 27.3 Å². The number of benzene rings is 2. The van der Waals surface area contributed by atoms with Crippen molar-refractivity contribution in [3.8, 4) is 11.5 Å². The third-order valence-electron chi connectivity index (χ3n) is 6.11. The molecule has 2 aliphatic carbocycles. The normalized spacial score (nSPS) is 25.4. The number of phenolic OH excluding ortho intramolecular Hbond substituents is 1. The van der Waals surface area contributed by atoms with Gasteiger partial charge in [0.15, 0.2) is 5.75 Å². The molecule has 2 bridgehead atoms. The van der Waals surface area contributed by atoms with Gasteiger partial charge in [0.1, 0.15) is 17.1 Å². The van der Waals surface area contributed by atoms with Crippen LogP contribution in [-0.2, 0) is 31.9 Å². The standard InChI is InChI=1S/C23H18ClO5S.C5H5.Fe/c24-17-7-3-4-8-18(17)29-30(26,27)20-13-19-21(15-9-11-16(25)12-10-15)22(23(20)28-19)14-5-1-2-6-14;1-2-4-5-3-1;/h1-12,19-20,23,25H,13H2;1-5H;/q;;+2/t19-,20?,23+;;/m1../s1. The van der Waals surface area contributed by atoms with Crippen molar-refractivity contribution in [1.82, 2.24) is 0 Å². The smallest absolute Gasteiger partial charge is 0.508 e. The van der Waals surface area contributed by atoms with Gasteiger partial charge in [-0.25, -0.2) is 0 Å². The summed E-state index contributed by atoms with van der Waals surface area (Å²) < 4.78 is 37.8. The van der Waals surface area contributed by atoms with Crippen molar-refractivity contribution < 1.29 is 39.5 Å². The quantitative estimate of drug-likeness (QED) is 0.402. The molecular weight excluding hydrogens is 540 g/mol. The third kappa shape index (κ3) is 5.81. The van der Waals surface area contributed by atoms with Gasteiger partial charge < -0.3 is 14.0 Å². The average Bonchev–Trinajstić information content (AvgIpc) is 3.66. The number of hydrogen-bond acceptors (Lipinski definition) is 5. The van der Waals surface area contributed by atoms with Gasteiger partial charge in [-0.2, -0.15) is 8.42 Å². The number of ether oxygens (including phenoxy) is 1. The zero-order valence-corrected chi connectivity index (χ0v) is 21.7. The SMILES string of the molecule is O=S(=O)(Oc1ccccc1Cl)C1C[C@H]2O[C@@H]1C([C]1[CH][CH][CH][CH]1)=C2c1ccc(O)cc1.[CH]1[CH][CH][CH][CH]1.[Fe+2]. The van der Waals surface area contributed by atoms with Crippen LogP contribution in [0.3, 0.4) is 0 Å². The molecular formula is C28H23ClFeO5S+2. The summed E-state index contributed by atoms with van der Waals surface area (Å²) in [6, 6.07) is 13.4. The Morgan fingerprint density at radius 1 is 0.861 bits per heavy atom. The van der Waals surface area contributed by atoms with Gasteiger partial charge in [-0.05, 0) is 98.8 Å². The van der Waals surface area contributed by atoms with Gasteiger partial charge in [-0.3, -0.25) is 0 Å². The fourth-order valence-corrected chi connectivity index (χ4v) is 6.22. The molecule has 8 heteroatoms. The summed E-state index contributed by atoms with van der Waals surface area (Å²) >= 11 is 6.09. The molecule has 2 aromatic rings. The van der Waals surface area contributed by atoms with E-state index >= 15 is 0 Å². The molecule has 0 aromatic heterocycles. The van der Waals surface area contributed by atoms with E-state index in [0.29, 0.717) is 0 Å². The predicted molar refractivity (Wildman–Crippen MR) is 135 cm³/mol. The third-order valence-corrected chi connectivity index (χ3v) is 8.02. The number of para-hydroxylation sites is 1. The number of hydrogen-bond donors (Lipinski definition) is 1. The van der Waals surface area contributed by atoms with Crippen LogP contribution < -0.4 is 4.18 Å². The number of rotatable bonds is 5. The molecule has 1 N–H and O–H groups in total. The minimum Gasteiger partial charge on any atom is -0.508 e. The van der Waals surface area contributed by atoms with Crippen molar-refractivity contribution in [2.45, 2.75) is 23.9 Å². The molecule has 4 aliphatic rings. The predicted octanol–water partition coefficient (Wildman–Crippen LogP) is 5.17. The summed E-state index contributed by atoms with van der Waals surface area (Å²) in [5, 5.41) is 9.03. The topological polar surface area (TPSA) is 72.8 Å². The summed E-state index contributed by atoms with van der Waals surface area (Å²) in [6.45, 7) is 0. The molecule has 184 valence electrons. The summed E-state index contributed by atoms with van der Waals surface area (Å²) in [5.74, 6) is 1.20. The summed E-state index contributed by atoms with van der Waals surface area (Å²) in [7, 11) is -3.99. The van der Waals surface area contributed by atoms with Crippen LogP contribution in [-0.4, -0.2) is 31.0 Å². The first kappa shape index (κ1) is 27.5. The van der Waals surface area contributed by atoms with Gasteiger partial charge in [0.2, 0.25) is 0 Å². The summed E-state index contributed by atoms with van der Waals surface area (Å²) in [4.78, 5) is 0. The van der Waals surface area contributed by atoms with Gasteiger partial charge >= 0.3 is 27.2 Å². The van der Waals surface area contributed by atoms with E-state index in [1.54, 1.807) is 30.3 Å². The molecule has 2 aromatic carbocycles. The Hall–Kier alpha value is -1.50. The van der Waals surface area contributed by atoms with Crippen LogP contribution in [0.25, 0.3) is 5.57 Å². The number of fused-ring (bicyclic) bond motifs is 2.